The fraction of sp³-hybridized carbons (Fsp3) is 0.105. The third-order valence-electron chi connectivity index (χ3n) is 3.67. The van der Waals surface area contributed by atoms with Crippen molar-refractivity contribution in [3.05, 3.63) is 64.5 Å². The lowest BCUT2D eigenvalue weighted by molar-refractivity contribution is -0.115. The van der Waals surface area contributed by atoms with Crippen molar-refractivity contribution in [1.29, 1.82) is 0 Å². The van der Waals surface area contributed by atoms with Gasteiger partial charge in [-0.3, -0.25) is 4.79 Å². The van der Waals surface area contributed by atoms with E-state index in [1.165, 1.54) is 6.07 Å². The molecule has 0 radical (unpaired) electrons. The molecule has 3 rings (SSSR count). The lowest BCUT2D eigenvalue weighted by Gasteiger charge is -2.09. The highest BCUT2D eigenvalue weighted by molar-refractivity contribution is 7.09. The van der Waals surface area contributed by atoms with Crippen molar-refractivity contribution in [3.63, 3.8) is 0 Å². The smallest absolute Gasteiger partial charge is 0.319 e. The first-order valence-corrected chi connectivity index (χ1v) is 9.11. The molecule has 0 unspecified atom stereocenters. The highest BCUT2D eigenvalue weighted by Crippen LogP contribution is 2.23. The number of hydrogen-bond acceptors (Lipinski definition) is 4. The van der Waals surface area contributed by atoms with Crippen LogP contribution in [0.1, 0.15) is 5.01 Å². The summed E-state index contributed by atoms with van der Waals surface area (Å²) in [6.07, 6.45) is 0. The molecule has 3 amide bonds. The second kappa shape index (κ2) is 8.57. The van der Waals surface area contributed by atoms with Gasteiger partial charge in [0.15, 0.2) is 11.6 Å². The number of aryl methyl sites for hydroxylation is 1. The number of anilines is 2. The number of carbonyl (C=O) groups is 2. The predicted molar refractivity (Wildman–Crippen MR) is 104 cm³/mol. The van der Waals surface area contributed by atoms with Gasteiger partial charge in [0, 0.05) is 28.4 Å². The summed E-state index contributed by atoms with van der Waals surface area (Å²) in [6, 6.07) is 9.54. The van der Waals surface area contributed by atoms with Crippen molar-refractivity contribution in [1.82, 2.24) is 10.3 Å². The fourth-order valence-corrected chi connectivity index (χ4v) is 2.96. The lowest BCUT2D eigenvalue weighted by atomic mass is 10.1. The van der Waals surface area contributed by atoms with E-state index in [0.29, 0.717) is 5.69 Å². The van der Waals surface area contributed by atoms with E-state index in [4.69, 9.17) is 0 Å². The molecule has 1 heterocycles. The number of thiazole rings is 1. The van der Waals surface area contributed by atoms with Crippen molar-refractivity contribution < 1.29 is 18.4 Å². The number of urea groups is 1. The van der Waals surface area contributed by atoms with Crippen molar-refractivity contribution >= 4 is 34.6 Å². The van der Waals surface area contributed by atoms with Gasteiger partial charge >= 0.3 is 6.03 Å². The number of amides is 3. The molecular weight excluding hydrogens is 386 g/mol. The van der Waals surface area contributed by atoms with Gasteiger partial charge in [-0.05, 0) is 31.2 Å². The molecule has 0 atom stereocenters. The molecule has 0 aliphatic carbocycles. The maximum Gasteiger partial charge on any atom is 0.319 e. The van der Waals surface area contributed by atoms with Crippen LogP contribution in [0.3, 0.4) is 0 Å². The van der Waals surface area contributed by atoms with Crippen molar-refractivity contribution in [3.8, 4) is 11.3 Å². The fourth-order valence-electron chi connectivity index (χ4n) is 2.34. The Morgan fingerprint density at radius 2 is 1.71 bits per heavy atom. The highest BCUT2D eigenvalue weighted by atomic mass is 32.1. The molecule has 1 aromatic heterocycles. The monoisotopic (exact) mass is 402 g/mol. The Morgan fingerprint density at radius 3 is 2.36 bits per heavy atom. The maximum absolute atomic E-state index is 13.1. The zero-order valence-corrected chi connectivity index (χ0v) is 15.6. The number of nitrogens with zero attached hydrogens (tertiary/aromatic N) is 1. The zero-order chi connectivity index (χ0) is 20.1. The molecule has 0 aliphatic heterocycles. The Hall–Kier alpha value is -3.33. The van der Waals surface area contributed by atoms with E-state index in [-0.39, 0.29) is 12.2 Å². The molecule has 0 bridgehead atoms. The third-order valence-corrected chi connectivity index (χ3v) is 4.44. The van der Waals surface area contributed by atoms with E-state index in [1.54, 1.807) is 23.5 Å². The first-order valence-electron chi connectivity index (χ1n) is 8.23. The Kier molecular flexibility index (Phi) is 5.95. The minimum absolute atomic E-state index is 0.0963. The van der Waals surface area contributed by atoms with Gasteiger partial charge < -0.3 is 16.0 Å². The number of aromatic nitrogens is 1. The van der Waals surface area contributed by atoms with Crippen LogP contribution in [0.2, 0.25) is 0 Å². The summed E-state index contributed by atoms with van der Waals surface area (Å²) in [7, 11) is 0. The summed E-state index contributed by atoms with van der Waals surface area (Å²) in [5.41, 5.74) is 2.45. The first-order chi connectivity index (χ1) is 13.4. The SMILES string of the molecule is Cc1nc(-c2ccc(NC(=O)NCC(=O)Nc3ccc(F)c(F)c3)cc2)cs1. The number of halogens is 2. The van der Waals surface area contributed by atoms with E-state index in [0.717, 1.165) is 28.4 Å². The summed E-state index contributed by atoms with van der Waals surface area (Å²) in [4.78, 5) is 28.1. The quantitative estimate of drug-likeness (QED) is 0.599. The minimum Gasteiger partial charge on any atom is -0.329 e. The average molecular weight is 402 g/mol. The van der Waals surface area contributed by atoms with Gasteiger partial charge in [0.1, 0.15) is 0 Å². The molecule has 2 aromatic carbocycles. The topological polar surface area (TPSA) is 83.1 Å². The summed E-state index contributed by atoms with van der Waals surface area (Å²) in [6.45, 7) is 1.60. The van der Waals surface area contributed by atoms with Crippen LogP contribution in [-0.2, 0) is 4.79 Å². The molecular formula is C19H16F2N4O2S. The number of carbonyl (C=O) groups excluding carboxylic acids is 2. The second-order valence-electron chi connectivity index (χ2n) is 5.81. The largest absolute Gasteiger partial charge is 0.329 e. The number of rotatable bonds is 5. The van der Waals surface area contributed by atoms with Gasteiger partial charge in [0.2, 0.25) is 5.91 Å². The van der Waals surface area contributed by atoms with Crippen LogP contribution in [0.5, 0.6) is 0 Å². The van der Waals surface area contributed by atoms with Crippen molar-refractivity contribution in [2.45, 2.75) is 6.92 Å². The van der Waals surface area contributed by atoms with Crippen LogP contribution in [0.4, 0.5) is 25.0 Å². The number of hydrogen-bond donors (Lipinski definition) is 3. The van der Waals surface area contributed by atoms with Crippen LogP contribution in [-0.4, -0.2) is 23.5 Å². The lowest BCUT2D eigenvalue weighted by Crippen LogP contribution is -2.35. The maximum atomic E-state index is 13.1. The molecule has 0 saturated heterocycles. The van der Waals surface area contributed by atoms with Crippen molar-refractivity contribution in [2.75, 3.05) is 17.2 Å². The molecule has 0 fully saturated rings. The summed E-state index contributed by atoms with van der Waals surface area (Å²) in [5.74, 6) is -2.65. The number of benzene rings is 2. The Labute approximate surface area is 163 Å². The van der Waals surface area contributed by atoms with Gasteiger partial charge in [-0.2, -0.15) is 0 Å². The van der Waals surface area contributed by atoms with Gasteiger partial charge in [0.05, 0.1) is 17.2 Å². The Morgan fingerprint density at radius 1 is 1.00 bits per heavy atom. The first kappa shape index (κ1) is 19.4. The molecule has 0 spiro atoms. The standard InChI is InChI=1S/C19H16F2N4O2S/c1-11-23-17(10-28-11)12-2-4-13(5-3-12)25-19(27)22-9-18(26)24-14-6-7-15(20)16(21)8-14/h2-8,10H,9H2,1H3,(H,24,26)(H2,22,25,27). The average Bonchev–Trinajstić information content (AvgIpc) is 3.10. The van der Waals surface area contributed by atoms with E-state index in [9.17, 15) is 18.4 Å². The van der Waals surface area contributed by atoms with Gasteiger partial charge in [-0.1, -0.05) is 12.1 Å². The zero-order valence-electron chi connectivity index (χ0n) is 14.8. The van der Waals surface area contributed by atoms with Crippen LogP contribution in [0.25, 0.3) is 11.3 Å². The second-order valence-corrected chi connectivity index (χ2v) is 6.88. The Bertz CT molecular complexity index is 1010. The molecule has 0 saturated carbocycles. The van der Waals surface area contributed by atoms with E-state index >= 15 is 0 Å². The van der Waals surface area contributed by atoms with Gasteiger partial charge in [0.25, 0.3) is 0 Å². The minimum atomic E-state index is -1.07. The molecule has 3 aromatic rings. The molecule has 28 heavy (non-hydrogen) atoms. The van der Waals surface area contributed by atoms with E-state index in [2.05, 4.69) is 20.9 Å². The van der Waals surface area contributed by atoms with Gasteiger partial charge in [-0.15, -0.1) is 11.3 Å². The van der Waals surface area contributed by atoms with Crippen molar-refractivity contribution in [2.24, 2.45) is 0 Å². The predicted octanol–water partition coefficient (Wildman–Crippen LogP) is 4.16. The highest BCUT2D eigenvalue weighted by Gasteiger charge is 2.09. The molecule has 144 valence electrons. The van der Waals surface area contributed by atoms with E-state index in [1.807, 2.05) is 24.4 Å². The van der Waals surface area contributed by atoms with Gasteiger partial charge in [-0.25, -0.2) is 18.6 Å². The Balaban J connectivity index is 1.48. The normalized spacial score (nSPS) is 10.4. The third kappa shape index (κ3) is 5.10. The van der Waals surface area contributed by atoms with Crippen LogP contribution in [0, 0.1) is 18.6 Å². The molecule has 9 heteroatoms. The molecule has 0 aliphatic rings. The summed E-state index contributed by atoms with van der Waals surface area (Å²) in [5, 5.41) is 10.3. The van der Waals surface area contributed by atoms with Crippen LogP contribution >= 0.6 is 11.3 Å². The van der Waals surface area contributed by atoms with Crippen LogP contribution < -0.4 is 16.0 Å². The molecule has 6 nitrogen and oxygen atoms in total. The summed E-state index contributed by atoms with van der Waals surface area (Å²) < 4.78 is 26.0. The molecule has 3 N–H and O–H groups in total. The van der Waals surface area contributed by atoms with Crippen LogP contribution in [0.15, 0.2) is 47.8 Å². The number of nitrogens with one attached hydrogen (secondary N) is 3. The van der Waals surface area contributed by atoms with E-state index < -0.39 is 23.6 Å². The summed E-state index contributed by atoms with van der Waals surface area (Å²) >= 11 is 1.56.